The molecule has 0 radical (unpaired) electrons. The summed E-state index contributed by atoms with van der Waals surface area (Å²) < 4.78 is 1.60. The van der Waals surface area contributed by atoms with Gasteiger partial charge in [-0.1, -0.05) is 56.3 Å². The first-order chi connectivity index (χ1) is 13.8. The highest BCUT2D eigenvalue weighted by Crippen LogP contribution is 2.27. The molecule has 0 amide bonds. The predicted molar refractivity (Wildman–Crippen MR) is 115 cm³/mol. The number of allylic oxidation sites excluding steroid dienone is 4. The van der Waals surface area contributed by atoms with E-state index >= 15 is 0 Å². The summed E-state index contributed by atoms with van der Waals surface area (Å²) in [5.41, 5.74) is 2.95. The molecular weight excluding hydrogens is 364 g/mol. The van der Waals surface area contributed by atoms with Gasteiger partial charge in [0.1, 0.15) is 5.52 Å². The number of benzene rings is 1. The Bertz CT molecular complexity index is 1210. The lowest BCUT2D eigenvalue weighted by molar-refractivity contribution is 0.164. The van der Waals surface area contributed by atoms with E-state index in [1.807, 2.05) is 30.4 Å². The van der Waals surface area contributed by atoms with Crippen LogP contribution in [-0.2, 0) is 6.54 Å². The number of aromatic nitrogens is 4. The molecule has 0 bridgehead atoms. The molecule has 1 aliphatic carbocycles. The van der Waals surface area contributed by atoms with Crippen molar-refractivity contribution >= 4 is 11.2 Å². The van der Waals surface area contributed by atoms with Gasteiger partial charge in [-0.25, -0.2) is 14.8 Å². The molecule has 0 saturated carbocycles. The number of imidazole rings is 1. The molecule has 1 unspecified atom stereocenters. The van der Waals surface area contributed by atoms with Crippen molar-refractivity contribution in [2.75, 3.05) is 0 Å². The maximum Gasteiger partial charge on any atom is 0.328 e. The van der Waals surface area contributed by atoms with Crippen molar-refractivity contribution in [3.63, 3.8) is 0 Å². The lowest BCUT2D eigenvalue weighted by Gasteiger charge is -2.12. The number of rotatable bonds is 4. The standard InChI is InChI=1S/C23H24N4O2/c1-15(2)17-8-4-5-9-18(17)20-24-13-19-21(26-20)27(22(28)25-19)14-16-7-6-11-23(3,29)12-10-16/h4-13,15,29H,14H2,1-3H3,(H,25,28). The van der Waals surface area contributed by atoms with Gasteiger partial charge in [-0.2, -0.15) is 0 Å². The highest BCUT2D eigenvalue weighted by molar-refractivity contribution is 5.73. The van der Waals surface area contributed by atoms with Crippen LogP contribution in [0.5, 0.6) is 0 Å². The number of nitrogens with zero attached hydrogens (tertiary/aromatic N) is 3. The average molecular weight is 388 g/mol. The third kappa shape index (κ3) is 3.84. The maximum absolute atomic E-state index is 12.6. The zero-order chi connectivity index (χ0) is 20.6. The van der Waals surface area contributed by atoms with E-state index in [0.717, 1.165) is 16.7 Å². The molecule has 0 saturated heterocycles. The number of nitrogens with one attached hydrogen (secondary N) is 1. The molecule has 29 heavy (non-hydrogen) atoms. The van der Waals surface area contributed by atoms with Crippen LogP contribution >= 0.6 is 0 Å². The Kier molecular flexibility index (Phi) is 4.80. The summed E-state index contributed by atoms with van der Waals surface area (Å²) in [4.78, 5) is 24.6. The third-order valence-electron chi connectivity index (χ3n) is 5.05. The van der Waals surface area contributed by atoms with Gasteiger partial charge in [0.25, 0.3) is 0 Å². The van der Waals surface area contributed by atoms with Crippen LogP contribution in [0.3, 0.4) is 0 Å². The van der Waals surface area contributed by atoms with Crippen LogP contribution in [0.1, 0.15) is 32.3 Å². The van der Waals surface area contributed by atoms with E-state index in [4.69, 9.17) is 4.98 Å². The minimum absolute atomic E-state index is 0.238. The van der Waals surface area contributed by atoms with Gasteiger partial charge in [0, 0.05) is 5.56 Å². The van der Waals surface area contributed by atoms with Crippen molar-refractivity contribution in [3.05, 3.63) is 82.5 Å². The van der Waals surface area contributed by atoms with Gasteiger partial charge in [-0.3, -0.25) is 4.57 Å². The van der Waals surface area contributed by atoms with Crippen molar-refractivity contribution in [1.82, 2.24) is 19.5 Å². The number of hydrogen-bond donors (Lipinski definition) is 2. The third-order valence-corrected chi connectivity index (χ3v) is 5.05. The molecule has 1 atom stereocenters. The molecule has 4 rings (SSSR count). The van der Waals surface area contributed by atoms with E-state index in [-0.39, 0.29) is 5.69 Å². The zero-order valence-corrected chi connectivity index (χ0v) is 16.8. The number of fused-ring (bicyclic) bond motifs is 1. The van der Waals surface area contributed by atoms with Gasteiger partial charge >= 0.3 is 5.69 Å². The predicted octanol–water partition coefficient (Wildman–Crippen LogP) is 3.71. The average Bonchev–Trinajstić information content (AvgIpc) is 2.88. The highest BCUT2D eigenvalue weighted by atomic mass is 16.3. The first-order valence-electron chi connectivity index (χ1n) is 9.69. The van der Waals surface area contributed by atoms with E-state index in [9.17, 15) is 9.90 Å². The van der Waals surface area contributed by atoms with Gasteiger partial charge in [0.15, 0.2) is 11.5 Å². The van der Waals surface area contributed by atoms with Gasteiger partial charge in [0.05, 0.1) is 18.3 Å². The summed E-state index contributed by atoms with van der Waals surface area (Å²) in [6.07, 6.45) is 10.6. The molecule has 6 heteroatoms. The van der Waals surface area contributed by atoms with E-state index in [1.54, 1.807) is 35.9 Å². The molecule has 0 spiro atoms. The molecule has 148 valence electrons. The summed E-state index contributed by atoms with van der Waals surface area (Å²) in [5.74, 6) is 0.933. The quantitative estimate of drug-likeness (QED) is 0.714. The molecule has 2 heterocycles. The van der Waals surface area contributed by atoms with Crippen LogP contribution in [0.4, 0.5) is 0 Å². The molecule has 2 N–H and O–H groups in total. The van der Waals surface area contributed by atoms with Crippen molar-refractivity contribution in [2.45, 2.75) is 38.8 Å². The minimum atomic E-state index is -1.00. The van der Waals surface area contributed by atoms with E-state index in [2.05, 4.69) is 29.9 Å². The molecule has 1 aliphatic rings. The van der Waals surface area contributed by atoms with Crippen molar-refractivity contribution in [1.29, 1.82) is 0 Å². The summed E-state index contributed by atoms with van der Waals surface area (Å²) >= 11 is 0. The summed E-state index contributed by atoms with van der Waals surface area (Å²) in [5, 5.41) is 10.2. The second-order valence-corrected chi connectivity index (χ2v) is 7.85. The fraction of sp³-hybridized carbons (Fsp3) is 0.261. The Morgan fingerprint density at radius 1 is 1.24 bits per heavy atom. The van der Waals surface area contributed by atoms with Gasteiger partial charge in [-0.05, 0) is 36.1 Å². The minimum Gasteiger partial charge on any atom is -0.382 e. The van der Waals surface area contributed by atoms with Crippen molar-refractivity contribution in [2.24, 2.45) is 0 Å². The van der Waals surface area contributed by atoms with Gasteiger partial charge in [-0.15, -0.1) is 0 Å². The normalized spacial score (nSPS) is 19.0. The van der Waals surface area contributed by atoms with Crippen LogP contribution in [0.15, 0.2) is 71.2 Å². The van der Waals surface area contributed by atoms with Crippen molar-refractivity contribution in [3.8, 4) is 11.4 Å². The van der Waals surface area contributed by atoms with Crippen molar-refractivity contribution < 1.29 is 5.11 Å². The number of aromatic amines is 1. The van der Waals surface area contributed by atoms with Crippen LogP contribution in [0.25, 0.3) is 22.6 Å². The van der Waals surface area contributed by atoms with Crippen LogP contribution < -0.4 is 5.69 Å². The monoisotopic (exact) mass is 388 g/mol. The molecule has 3 aromatic rings. The van der Waals surface area contributed by atoms with Gasteiger partial charge in [0.2, 0.25) is 0 Å². The largest absolute Gasteiger partial charge is 0.382 e. The molecule has 2 aromatic heterocycles. The first-order valence-corrected chi connectivity index (χ1v) is 9.69. The second-order valence-electron chi connectivity index (χ2n) is 7.85. The zero-order valence-electron chi connectivity index (χ0n) is 16.8. The number of H-pyrrole nitrogens is 1. The Labute approximate surface area is 169 Å². The van der Waals surface area contributed by atoms with Crippen LogP contribution in [0, 0.1) is 0 Å². The Morgan fingerprint density at radius 2 is 2.03 bits per heavy atom. The maximum atomic E-state index is 12.6. The van der Waals surface area contributed by atoms with Gasteiger partial charge < -0.3 is 10.1 Å². The fourth-order valence-corrected chi connectivity index (χ4v) is 3.47. The second kappa shape index (κ2) is 7.29. The topological polar surface area (TPSA) is 83.8 Å². The lowest BCUT2D eigenvalue weighted by atomic mass is 9.97. The summed E-state index contributed by atoms with van der Waals surface area (Å²) in [6, 6.07) is 8.07. The van der Waals surface area contributed by atoms with E-state index in [1.165, 1.54) is 0 Å². The van der Waals surface area contributed by atoms with E-state index < -0.39 is 5.60 Å². The fourth-order valence-electron chi connectivity index (χ4n) is 3.47. The highest BCUT2D eigenvalue weighted by Gasteiger charge is 2.16. The molecule has 0 fully saturated rings. The SMILES string of the molecule is CC(C)c1ccccc1-c1ncc2[nH]c(=O)n(CC3=CC=CC(C)(O)C=C3)c2n1. The Hall–Kier alpha value is -3.25. The lowest BCUT2D eigenvalue weighted by Crippen LogP contribution is -2.18. The molecule has 0 aliphatic heterocycles. The summed E-state index contributed by atoms with van der Waals surface area (Å²) in [6.45, 7) is 6.33. The molecular formula is C23H24N4O2. The van der Waals surface area contributed by atoms with E-state index in [0.29, 0.717) is 29.5 Å². The van der Waals surface area contributed by atoms with Crippen LogP contribution in [-0.4, -0.2) is 30.2 Å². The number of aliphatic hydroxyl groups is 1. The molecule has 1 aromatic carbocycles. The Morgan fingerprint density at radius 3 is 2.83 bits per heavy atom. The summed E-state index contributed by atoms with van der Waals surface area (Å²) in [7, 11) is 0. The molecule has 6 nitrogen and oxygen atoms in total. The van der Waals surface area contributed by atoms with Crippen LogP contribution in [0.2, 0.25) is 0 Å². The number of hydrogen-bond acceptors (Lipinski definition) is 4. The smallest absolute Gasteiger partial charge is 0.328 e. The first kappa shape index (κ1) is 19.1. The Balaban J connectivity index is 1.78.